The van der Waals surface area contributed by atoms with Gasteiger partial charge in [0.1, 0.15) is 5.75 Å². The Morgan fingerprint density at radius 1 is 1.35 bits per heavy atom. The van der Waals surface area contributed by atoms with E-state index in [1.165, 1.54) is 7.11 Å². The van der Waals surface area contributed by atoms with Gasteiger partial charge < -0.3 is 14.7 Å². The number of hydrogen-bond donors (Lipinski definition) is 1. The topological polar surface area (TPSA) is 53.0 Å². The van der Waals surface area contributed by atoms with Gasteiger partial charge in [0.15, 0.2) is 0 Å². The van der Waals surface area contributed by atoms with Crippen LogP contribution in [0.15, 0.2) is 18.2 Å². The van der Waals surface area contributed by atoms with Crippen LogP contribution in [0.3, 0.4) is 0 Å². The van der Waals surface area contributed by atoms with Crippen LogP contribution >= 0.6 is 11.6 Å². The minimum atomic E-state index is -0.0397. The van der Waals surface area contributed by atoms with E-state index in [1.807, 2.05) is 0 Å². The molecule has 1 heterocycles. The molecule has 20 heavy (non-hydrogen) atoms. The van der Waals surface area contributed by atoms with E-state index in [9.17, 15) is 4.79 Å². The molecule has 1 aromatic carbocycles. The zero-order chi connectivity index (χ0) is 14.5. The number of carbonyl (C=O) groups is 1. The Hall–Kier alpha value is -1.30. The van der Waals surface area contributed by atoms with Gasteiger partial charge in [-0.15, -0.1) is 0 Å². The Labute approximate surface area is 123 Å². The van der Waals surface area contributed by atoms with Crippen molar-refractivity contribution >= 4 is 17.5 Å². The van der Waals surface area contributed by atoms with Gasteiger partial charge >= 0.3 is 0 Å². The average molecular weight is 299 g/mol. The summed E-state index contributed by atoms with van der Waals surface area (Å²) in [6, 6.07) is 5.04. The van der Waals surface area contributed by atoms with Gasteiger partial charge in [-0.1, -0.05) is 11.6 Å². The summed E-state index contributed by atoms with van der Waals surface area (Å²) in [4.78, 5) is 16.4. The Kier molecular flexibility index (Phi) is 5.23. The summed E-state index contributed by atoms with van der Waals surface area (Å²) in [6.07, 6.45) is 0. The summed E-state index contributed by atoms with van der Waals surface area (Å²) >= 11 is 5.90. The van der Waals surface area contributed by atoms with E-state index >= 15 is 0 Å². The molecular formula is C14H19ClN2O3. The van der Waals surface area contributed by atoms with Crippen LogP contribution in [0.4, 0.5) is 0 Å². The Morgan fingerprint density at radius 2 is 2.05 bits per heavy atom. The summed E-state index contributed by atoms with van der Waals surface area (Å²) in [5.41, 5.74) is 0.535. The standard InChI is InChI=1S/C14H19ClN2O3/c1-20-13-10-11(15)2-3-12(13)14(19)17-6-4-16(5-7-17)8-9-18/h2-3,10,18H,4-9H2,1H3. The fourth-order valence-corrected chi connectivity index (χ4v) is 2.49. The Balaban J connectivity index is 2.05. The maximum atomic E-state index is 12.5. The van der Waals surface area contributed by atoms with Gasteiger partial charge in [-0.25, -0.2) is 0 Å². The number of β-amino-alcohol motifs (C(OH)–C–C–N with tert-alkyl or cyclic N) is 1. The highest BCUT2D eigenvalue weighted by Crippen LogP contribution is 2.24. The molecule has 1 aromatic rings. The van der Waals surface area contributed by atoms with Crippen molar-refractivity contribution in [3.63, 3.8) is 0 Å². The lowest BCUT2D eigenvalue weighted by Gasteiger charge is -2.34. The molecule has 1 saturated heterocycles. The minimum Gasteiger partial charge on any atom is -0.496 e. The van der Waals surface area contributed by atoms with E-state index in [0.29, 0.717) is 36.0 Å². The summed E-state index contributed by atoms with van der Waals surface area (Å²) in [5, 5.41) is 9.46. The maximum Gasteiger partial charge on any atom is 0.257 e. The molecule has 0 saturated carbocycles. The molecule has 0 spiro atoms. The van der Waals surface area contributed by atoms with Crippen molar-refractivity contribution in [3.05, 3.63) is 28.8 Å². The summed E-state index contributed by atoms with van der Waals surface area (Å²) < 4.78 is 5.22. The van der Waals surface area contributed by atoms with Gasteiger partial charge in [-0.05, 0) is 18.2 Å². The number of aliphatic hydroxyl groups excluding tert-OH is 1. The lowest BCUT2D eigenvalue weighted by atomic mass is 10.1. The lowest BCUT2D eigenvalue weighted by molar-refractivity contribution is 0.0612. The van der Waals surface area contributed by atoms with Crippen LogP contribution in [0.5, 0.6) is 5.75 Å². The second-order valence-corrected chi connectivity index (χ2v) is 5.14. The highest BCUT2D eigenvalue weighted by atomic mass is 35.5. The van der Waals surface area contributed by atoms with E-state index < -0.39 is 0 Å². The summed E-state index contributed by atoms with van der Waals surface area (Å²) in [7, 11) is 1.53. The molecule has 1 aliphatic heterocycles. The summed E-state index contributed by atoms with van der Waals surface area (Å²) in [6.45, 7) is 3.69. The molecular weight excluding hydrogens is 280 g/mol. The molecule has 0 aromatic heterocycles. The first-order valence-corrected chi connectivity index (χ1v) is 6.99. The molecule has 0 radical (unpaired) electrons. The second kappa shape index (κ2) is 6.92. The third kappa shape index (κ3) is 3.42. The van der Waals surface area contributed by atoms with Crippen LogP contribution < -0.4 is 4.74 Å². The van der Waals surface area contributed by atoms with E-state index in [-0.39, 0.29) is 12.5 Å². The largest absolute Gasteiger partial charge is 0.496 e. The summed E-state index contributed by atoms with van der Waals surface area (Å²) in [5.74, 6) is 0.461. The molecule has 1 fully saturated rings. The molecule has 2 rings (SSSR count). The van der Waals surface area contributed by atoms with Gasteiger partial charge in [0.25, 0.3) is 5.91 Å². The first kappa shape index (κ1) is 15.1. The van der Waals surface area contributed by atoms with Gasteiger partial charge in [-0.2, -0.15) is 0 Å². The van der Waals surface area contributed by atoms with Crippen molar-refractivity contribution < 1.29 is 14.6 Å². The zero-order valence-corrected chi connectivity index (χ0v) is 12.3. The molecule has 0 aliphatic carbocycles. The van der Waals surface area contributed by atoms with Crippen LogP contribution in [0.25, 0.3) is 0 Å². The number of rotatable bonds is 4. The first-order valence-electron chi connectivity index (χ1n) is 6.61. The molecule has 5 nitrogen and oxygen atoms in total. The van der Waals surface area contributed by atoms with Gasteiger partial charge in [-0.3, -0.25) is 9.69 Å². The van der Waals surface area contributed by atoms with Gasteiger partial charge in [0.2, 0.25) is 0 Å². The fourth-order valence-electron chi connectivity index (χ4n) is 2.33. The average Bonchev–Trinajstić information content (AvgIpc) is 2.47. The van der Waals surface area contributed by atoms with E-state index in [1.54, 1.807) is 23.1 Å². The minimum absolute atomic E-state index is 0.0397. The maximum absolute atomic E-state index is 12.5. The van der Waals surface area contributed by atoms with Crippen LogP contribution in [0.2, 0.25) is 5.02 Å². The Morgan fingerprint density at radius 3 is 2.65 bits per heavy atom. The van der Waals surface area contributed by atoms with Gasteiger partial charge in [0, 0.05) is 37.7 Å². The number of methoxy groups -OCH3 is 1. The number of carbonyl (C=O) groups excluding carboxylic acids is 1. The normalized spacial score (nSPS) is 16.2. The fraction of sp³-hybridized carbons (Fsp3) is 0.500. The lowest BCUT2D eigenvalue weighted by Crippen LogP contribution is -2.49. The molecule has 110 valence electrons. The number of aliphatic hydroxyl groups is 1. The van der Waals surface area contributed by atoms with Crippen molar-refractivity contribution in [2.24, 2.45) is 0 Å². The monoisotopic (exact) mass is 298 g/mol. The molecule has 1 N–H and O–H groups in total. The number of hydrogen-bond acceptors (Lipinski definition) is 4. The molecule has 0 atom stereocenters. The predicted molar refractivity (Wildman–Crippen MR) is 77.4 cm³/mol. The quantitative estimate of drug-likeness (QED) is 0.904. The van der Waals surface area contributed by atoms with E-state index in [0.717, 1.165) is 13.1 Å². The third-order valence-corrected chi connectivity index (χ3v) is 3.70. The highest BCUT2D eigenvalue weighted by molar-refractivity contribution is 6.30. The van der Waals surface area contributed by atoms with Crippen molar-refractivity contribution in [2.75, 3.05) is 46.4 Å². The zero-order valence-electron chi connectivity index (χ0n) is 11.5. The number of piperazine rings is 1. The number of ether oxygens (including phenoxy) is 1. The van der Waals surface area contributed by atoms with Crippen molar-refractivity contribution in [1.82, 2.24) is 9.80 Å². The van der Waals surface area contributed by atoms with Crippen LogP contribution in [0, 0.1) is 0 Å². The van der Waals surface area contributed by atoms with Crippen LogP contribution in [-0.2, 0) is 0 Å². The van der Waals surface area contributed by atoms with Crippen molar-refractivity contribution in [1.29, 1.82) is 0 Å². The van der Waals surface area contributed by atoms with Crippen LogP contribution in [-0.4, -0.2) is 67.3 Å². The molecule has 0 bridgehead atoms. The van der Waals surface area contributed by atoms with Crippen molar-refractivity contribution in [3.8, 4) is 5.75 Å². The second-order valence-electron chi connectivity index (χ2n) is 4.70. The van der Waals surface area contributed by atoms with Crippen molar-refractivity contribution in [2.45, 2.75) is 0 Å². The SMILES string of the molecule is COc1cc(Cl)ccc1C(=O)N1CCN(CCO)CC1. The predicted octanol–water partition coefficient (Wildman–Crippen LogP) is 1.10. The number of nitrogens with zero attached hydrogens (tertiary/aromatic N) is 2. The number of benzene rings is 1. The van der Waals surface area contributed by atoms with Crippen LogP contribution in [0.1, 0.15) is 10.4 Å². The number of halogens is 1. The smallest absolute Gasteiger partial charge is 0.257 e. The number of amides is 1. The third-order valence-electron chi connectivity index (χ3n) is 3.47. The molecule has 1 amide bonds. The van der Waals surface area contributed by atoms with Gasteiger partial charge in [0.05, 0.1) is 19.3 Å². The molecule has 0 unspecified atom stereocenters. The Bertz CT molecular complexity index is 473. The van der Waals surface area contributed by atoms with E-state index in [4.69, 9.17) is 21.4 Å². The first-order chi connectivity index (χ1) is 9.65. The molecule has 6 heteroatoms. The van der Waals surface area contributed by atoms with E-state index in [2.05, 4.69) is 4.90 Å². The highest BCUT2D eigenvalue weighted by Gasteiger charge is 2.24. The molecule has 1 aliphatic rings.